The van der Waals surface area contributed by atoms with Crippen LogP contribution in [0.15, 0.2) is 41.8 Å². The van der Waals surface area contributed by atoms with Crippen LogP contribution in [0, 0.1) is 6.92 Å². The van der Waals surface area contributed by atoms with E-state index in [1.807, 2.05) is 55.6 Å². The van der Waals surface area contributed by atoms with Crippen molar-refractivity contribution in [3.8, 4) is 0 Å². The van der Waals surface area contributed by atoms with Crippen molar-refractivity contribution in [2.24, 2.45) is 0 Å². The van der Waals surface area contributed by atoms with Gasteiger partial charge in [-0.05, 0) is 30.9 Å². The van der Waals surface area contributed by atoms with E-state index in [9.17, 15) is 9.59 Å². The summed E-state index contributed by atoms with van der Waals surface area (Å²) in [6.07, 6.45) is 0.175. The summed E-state index contributed by atoms with van der Waals surface area (Å²) in [6, 6.07) is 11.5. The van der Waals surface area contributed by atoms with E-state index in [4.69, 9.17) is 4.74 Å². The van der Waals surface area contributed by atoms with Gasteiger partial charge in [-0.3, -0.25) is 9.59 Å². The molecule has 1 N–H and O–H groups in total. The smallest absolute Gasteiger partial charge is 0.310 e. The van der Waals surface area contributed by atoms with Gasteiger partial charge in [0.25, 0.3) is 5.91 Å². The quantitative estimate of drug-likeness (QED) is 0.833. The molecule has 1 atom stereocenters. The molecule has 0 aliphatic carbocycles. The van der Waals surface area contributed by atoms with E-state index in [2.05, 4.69) is 5.32 Å². The van der Waals surface area contributed by atoms with Gasteiger partial charge in [0.2, 0.25) is 0 Å². The molecule has 22 heavy (non-hydrogen) atoms. The van der Waals surface area contributed by atoms with E-state index >= 15 is 0 Å². The molecule has 116 valence electrons. The number of hydrogen-bond donors (Lipinski definition) is 1. The average molecular weight is 317 g/mol. The molecule has 0 bridgehead atoms. The molecule has 0 spiro atoms. The molecular formula is C17H19NO3S. The molecule has 2 rings (SSSR count). The predicted octanol–water partition coefficient (Wildman–Crippen LogP) is 3.02. The molecular weight excluding hydrogens is 298 g/mol. The van der Waals surface area contributed by atoms with Crippen LogP contribution in [0.1, 0.15) is 29.0 Å². The topological polar surface area (TPSA) is 55.4 Å². The second kappa shape index (κ2) is 7.75. The molecule has 1 aromatic carbocycles. The van der Waals surface area contributed by atoms with Gasteiger partial charge in [-0.25, -0.2) is 0 Å². The van der Waals surface area contributed by atoms with Crippen LogP contribution in [0.3, 0.4) is 0 Å². The number of amides is 1. The van der Waals surface area contributed by atoms with E-state index in [0.29, 0.717) is 0 Å². The monoisotopic (exact) mass is 317 g/mol. The third-order valence-electron chi connectivity index (χ3n) is 3.18. The molecule has 0 unspecified atom stereocenters. The number of carbonyl (C=O) groups is 2. The Hall–Kier alpha value is -2.14. The average Bonchev–Trinajstić information content (AvgIpc) is 3.02. The lowest BCUT2D eigenvalue weighted by atomic mass is 10.1. The molecule has 0 fully saturated rings. The standard InChI is InChI=1S/C17H19NO3S/c1-12-5-7-14(8-6-12)10-17(20)21-11-16(19)18-13(2)15-4-3-9-22-15/h3-9,13H,10-11H2,1-2H3,(H,18,19)/t13-/m1/s1. The first-order chi connectivity index (χ1) is 10.5. The minimum atomic E-state index is -0.400. The van der Waals surface area contributed by atoms with Gasteiger partial charge >= 0.3 is 5.97 Å². The predicted molar refractivity (Wildman–Crippen MR) is 86.7 cm³/mol. The van der Waals surface area contributed by atoms with Crippen LogP contribution in [0.4, 0.5) is 0 Å². The van der Waals surface area contributed by atoms with Crippen LogP contribution in [0.2, 0.25) is 0 Å². The lowest BCUT2D eigenvalue weighted by molar-refractivity contribution is -0.148. The van der Waals surface area contributed by atoms with E-state index in [1.54, 1.807) is 11.3 Å². The molecule has 1 heterocycles. The van der Waals surface area contributed by atoms with Gasteiger partial charge in [0.05, 0.1) is 12.5 Å². The highest BCUT2D eigenvalue weighted by Crippen LogP contribution is 2.17. The van der Waals surface area contributed by atoms with Crippen molar-refractivity contribution in [2.45, 2.75) is 26.3 Å². The summed E-state index contributed by atoms with van der Waals surface area (Å²) in [7, 11) is 0. The molecule has 2 aromatic rings. The summed E-state index contributed by atoms with van der Waals surface area (Å²) >= 11 is 1.58. The molecule has 1 aromatic heterocycles. The van der Waals surface area contributed by atoms with E-state index in [1.165, 1.54) is 0 Å². The summed E-state index contributed by atoms with van der Waals surface area (Å²) in [5.74, 6) is -0.694. The largest absolute Gasteiger partial charge is 0.455 e. The maximum atomic E-state index is 11.8. The zero-order valence-electron chi connectivity index (χ0n) is 12.7. The number of benzene rings is 1. The Bertz CT molecular complexity index is 620. The normalized spacial score (nSPS) is 11.7. The van der Waals surface area contributed by atoms with Crippen molar-refractivity contribution in [3.05, 3.63) is 57.8 Å². The third kappa shape index (κ3) is 5.00. The van der Waals surface area contributed by atoms with E-state index < -0.39 is 5.97 Å². The SMILES string of the molecule is Cc1ccc(CC(=O)OCC(=O)N[C@H](C)c2cccs2)cc1. The molecule has 0 saturated carbocycles. The Kier molecular flexibility index (Phi) is 5.72. The van der Waals surface area contributed by atoms with Crippen molar-refractivity contribution in [2.75, 3.05) is 6.61 Å². The van der Waals surface area contributed by atoms with E-state index in [-0.39, 0.29) is 25.0 Å². The Morgan fingerprint density at radius 3 is 2.59 bits per heavy atom. The van der Waals surface area contributed by atoms with Gasteiger partial charge in [0.1, 0.15) is 0 Å². The second-order valence-corrected chi connectivity index (χ2v) is 6.11. The fourth-order valence-electron chi connectivity index (χ4n) is 1.96. The third-order valence-corrected chi connectivity index (χ3v) is 4.24. The molecule has 4 nitrogen and oxygen atoms in total. The van der Waals surface area contributed by atoms with Gasteiger partial charge in [0.15, 0.2) is 6.61 Å². The first-order valence-electron chi connectivity index (χ1n) is 7.08. The van der Waals surface area contributed by atoms with Crippen LogP contribution in [0.25, 0.3) is 0 Å². The number of hydrogen-bond acceptors (Lipinski definition) is 4. The lowest BCUT2D eigenvalue weighted by Crippen LogP contribution is -2.31. The lowest BCUT2D eigenvalue weighted by Gasteiger charge is -2.12. The first-order valence-corrected chi connectivity index (χ1v) is 7.96. The highest BCUT2D eigenvalue weighted by atomic mass is 32.1. The number of esters is 1. The maximum Gasteiger partial charge on any atom is 0.310 e. The fraction of sp³-hybridized carbons (Fsp3) is 0.294. The number of thiophene rings is 1. The molecule has 0 aliphatic rings. The van der Waals surface area contributed by atoms with Gasteiger partial charge in [-0.15, -0.1) is 11.3 Å². The number of rotatable bonds is 6. The molecule has 0 radical (unpaired) electrons. The number of nitrogens with one attached hydrogen (secondary N) is 1. The Balaban J connectivity index is 1.73. The summed E-state index contributed by atoms with van der Waals surface area (Å²) in [5.41, 5.74) is 2.02. The van der Waals surface area contributed by atoms with Crippen LogP contribution >= 0.6 is 11.3 Å². The van der Waals surface area contributed by atoms with Crippen LogP contribution in [0.5, 0.6) is 0 Å². The van der Waals surface area contributed by atoms with Crippen molar-refractivity contribution in [1.82, 2.24) is 5.32 Å². The minimum absolute atomic E-state index is 0.0803. The maximum absolute atomic E-state index is 11.8. The van der Waals surface area contributed by atoms with E-state index in [0.717, 1.165) is 16.0 Å². The molecule has 1 amide bonds. The summed E-state index contributed by atoms with van der Waals surface area (Å²) in [4.78, 5) is 24.6. The first kappa shape index (κ1) is 16.2. The van der Waals surface area contributed by atoms with Gasteiger partial charge < -0.3 is 10.1 Å². The highest BCUT2D eigenvalue weighted by molar-refractivity contribution is 7.10. The van der Waals surface area contributed by atoms with Crippen molar-refractivity contribution in [1.29, 1.82) is 0 Å². The Morgan fingerprint density at radius 2 is 1.95 bits per heavy atom. The summed E-state index contributed by atoms with van der Waals surface area (Å²) in [5, 5.41) is 4.76. The van der Waals surface area contributed by atoms with Crippen LogP contribution < -0.4 is 5.32 Å². The Morgan fingerprint density at radius 1 is 1.23 bits per heavy atom. The molecule has 0 aliphatic heterocycles. The fourth-order valence-corrected chi connectivity index (χ4v) is 2.70. The van der Waals surface area contributed by atoms with Crippen molar-refractivity contribution in [3.63, 3.8) is 0 Å². The van der Waals surface area contributed by atoms with Crippen molar-refractivity contribution >= 4 is 23.2 Å². The minimum Gasteiger partial charge on any atom is -0.455 e. The van der Waals surface area contributed by atoms with Gasteiger partial charge in [0, 0.05) is 4.88 Å². The second-order valence-electron chi connectivity index (χ2n) is 5.13. The highest BCUT2D eigenvalue weighted by Gasteiger charge is 2.12. The number of ether oxygens (including phenoxy) is 1. The summed E-state index contributed by atoms with van der Waals surface area (Å²) < 4.78 is 5.01. The van der Waals surface area contributed by atoms with Crippen LogP contribution in [-0.2, 0) is 20.7 Å². The van der Waals surface area contributed by atoms with Gasteiger partial charge in [-0.2, -0.15) is 0 Å². The Labute approximate surface area is 134 Å². The van der Waals surface area contributed by atoms with Gasteiger partial charge in [-0.1, -0.05) is 35.9 Å². The number of carbonyl (C=O) groups excluding carboxylic acids is 2. The van der Waals surface area contributed by atoms with Crippen LogP contribution in [-0.4, -0.2) is 18.5 Å². The number of aryl methyl sites for hydroxylation is 1. The molecule has 0 saturated heterocycles. The zero-order chi connectivity index (χ0) is 15.9. The van der Waals surface area contributed by atoms with Crippen molar-refractivity contribution < 1.29 is 14.3 Å². The molecule has 5 heteroatoms. The summed E-state index contributed by atoms with van der Waals surface area (Å²) in [6.45, 7) is 3.64. The zero-order valence-corrected chi connectivity index (χ0v) is 13.5.